The summed E-state index contributed by atoms with van der Waals surface area (Å²) in [6, 6.07) is 5.55. The Morgan fingerprint density at radius 2 is 1.89 bits per heavy atom. The lowest BCUT2D eigenvalue weighted by molar-refractivity contribution is -0.157. The van der Waals surface area contributed by atoms with Crippen molar-refractivity contribution >= 4 is 17.7 Å². The monoisotopic (exact) mass is 293 g/mol. The molecule has 0 radical (unpaired) electrons. The van der Waals surface area contributed by atoms with E-state index in [4.69, 9.17) is 0 Å². The maximum atomic E-state index is 12.7. The molecule has 1 heterocycles. The zero-order valence-corrected chi connectivity index (χ0v) is 10.6. The predicted molar refractivity (Wildman–Crippen MR) is 63.3 cm³/mol. The first-order valence-corrected chi connectivity index (χ1v) is 6.51. The molecular formula is C12H11F4NOS. The van der Waals surface area contributed by atoms with Gasteiger partial charge in [0.1, 0.15) is 12.4 Å². The molecule has 1 aromatic rings. The van der Waals surface area contributed by atoms with Crippen LogP contribution in [0.15, 0.2) is 29.2 Å². The van der Waals surface area contributed by atoms with Gasteiger partial charge in [0.15, 0.2) is 0 Å². The molecule has 19 heavy (non-hydrogen) atoms. The van der Waals surface area contributed by atoms with E-state index < -0.39 is 23.9 Å². The summed E-state index contributed by atoms with van der Waals surface area (Å²) in [5, 5.41) is -0.521. The number of carbonyl (C=O) groups excluding carboxylic acids is 1. The zero-order valence-electron chi connectivity index (χ0n) is 9.78. The summed E-state index contributed by atoms with van der Waals surface area (Å²) in [6.45, 7) is -1.09. The SMILES string of the molecule is O=C1[C@H](Sc2ccc(F)cc2)CCN1CC(F)(F)F. The third kappa shape index (κ3) is 3.86. The molecule has 1 saturated heterocycles. The fraction of sp³-hybridized carbons (Fsp3) is 0.417. The van der Waals surface area contributed by atoms with Gasteiger partial charge in [0.2, 0.25) is 5.91 Å². The van der Waals surface area contributed by atoms with Gasteiger partial charge in [0, 0.05) is 11.4 Å². The second-order valence-corrected chi connectivity index (χ2v) is 5.50. The van der Waals surface area contributed by atoms with Crippen molar-refractivity contribution in [3.8, 4) is 0 Å². The summed E-state index contributed by atoms with van der Waals surface area (Å²) in [4.78, 5) is 13.3. The Morgan fingerprint density at radius 1 is 1.26 bits per heavy atom. The molecule has 2 rings (SSSR count). The van der Waals surface area contributed by atoms with E-state index in [9.17, 15) is 22.4 Å². The Morgan fingerprint density at radius 3 is 2.47 bits per heavy atom. The van der Waals surface area contributed by atoms with Gasteiger partial charge in [0.25, 0.3) is 0 Å². The maximum Gasteiger partial charge on any atom is 0.406 e. The number of hydrogen-bond acceptors (Lipinski definition) is 2. The van der Waals surface area contributed by atoms with E-state index in [2.05, 4.69) is 0 Å². The molecule has 0 aromatic heterocycles. The standard InChI is InChI=1S/C12H11F4NOS/c13-8-1-3-9(4-2-8)19-10-5-6-17(11(10)18)7-12(14,15)16/h1-4,10H,5-7H2/t10-/m1/s1. The Hall–Kier alpha value is -1.24. The molecule has 1 aromatic carbocycles. The van der Waals surface area contributed by atoms with Crippen molar-refractivity contribution in [3.63, 3.8) is 0 Å². The topological polar surface area (TPSA) is 20.3 Å². The van der Waals surface area contributed by atoms with Crippen LogP contribution in [0.25, 0.3) is 0 Å². The summed E-state index contributed by atoms with van der Waals surface area (Å²) in [6.07, 6.45) is -4.00. The smallest absolute Gasteiger partial charge is 0.333 e. The zero-order chi connectivity index (χ0) is 14.0. The van der Waals surface area contributed by atoms with Crippen LogP contribution in [0.2, 0.25) is 0 Å². The second kappa shape index (κ2) is 5.40. The molecule has 0 unspecified atom stereocenters. The molecule has 0 bridgehead atoms. The van der Waals surface area contributed by atoms with Crippen LogP contribution in [0.1, 0.15) is 6.42 Å². The van der Waals surface area contributed by atoms with E-state index >= 15 is 0 Å². The van der Waals surface area contributed by atoms with E-state index in [-0.39, 0.29) is 12.4 Å². The van der Waals surface area contributed by atoms with Gasteiger partial charge in [-0.1, -0.05) is 0 Å². The minimum atomic E-state index is -4.37. The van der Waals surface area contributed by atoms with Gasteiger partial charge in [-0.15, -0.1) is 11.8 Å². The van der Waals surface area contributed by atoms with Gasteiger partial charge in [-0.25, -0.2) is 4.39 Å². The fourth-order valence-corrected chi connectivity index (χ4v) is 2.97. The summed E-state index contributed by atoms with van der Waals surface area (Å²) in [5.74, 6) is -0.896. The van der Waals surface area contributed by atoms with Crippen LogP contribution in [0, 0.1) is 5.82 Å². The summed E-state index contributed by atoms with van der Waals surface area (Å²) >= 11 is 1.17. The first-order valence-electron chi connectivity index (χ1n) is 5.63. The number of hydrogen-bond donors (Lipinski definition) is 0. The predicted octanol–water partition coefficient (Wildman–Crippen LogP) is 3.08. The first-order chi connectivity index (χ1) is 8.85. The molecule has 0 saturated carbocycles. The highest BCUT2D eigenvalue weighted by atomic mass is 32.2. The Bertz CT molecular complexity index is 460. The Kier molecular flexibility index (Phi) is 4.03. The van der Waals surface area contributed by atoms with Crippen LogP contribution < -0.4 is 0 Å². The van der Waals surface area contributed by atoms with Gasteiger partial charge in [-0.05, 0) is 30.7 Å². The molecule has 1 amide bonds. The van der Waals surface area contributed by atoms with Gasteiger partial charge in [-0.2, -0.15) is 13.2 Å². The van der Waals surface area contributed by atoms with Crippen LogP contribution in [-0.2, 0) is 4.79 Å². The molecule has 1 atom stereocenters. The number of thioether (sulfide) groups is 1. The van der Waals surface area contributed by atoms with E-state index in [0.29, 0.717) is 11.3 Å². The van der Waals surface area contributed by atoms with E-state index in [1.54, 1.807) is 0 Å². The number of rotatable bonds is 3. The van der Waals surface area contributed by atoms with Crippen LogP contribution in [0.5, 0.6) is 0 Å². The highest BCUT2D eigenvalue weighted by molar-refractivity contribution is 8.00. The van der Waals surface area contributed by atoms with Crippen molar-refractivity contribution in [2.75, 3.05) is 13.1 Å². The van der Waals surface area contributed by atoms with Crippen LogP contribution in [0.3, 0.4) is 0 Å². The summed E-state index contributed by atoms with van der Waals surface area (Å²) in [5.41, 5.74) is 0. The molecule has 0 N–H and O–H groups in total. The third-order valence-corrected chi connectivity index (χ3v) is 3.98. The largest absolute Gasteiger partial charge is 0.406 e. The first kappa shape index (κ1) is 14.2. The van der Waals surface area contributed by atoms with Crippen LogP contribution in [0.4, 0.5) is 17.6 Å². The number of amides is 1. The Labute approximate surface area is 111 Å². The van der Waals surface area contributed by atoms with Crippen molar-refractivity contribution in [2.24, 2.45) is 0 Å². The lowest BCUT2D eigenvalue weighted by Gasteiger charge is -2.18. The number of carbonyl (C=O) groups is 1. The molecule has 104 valence electrons. The van der Waals surface area contributed by atoms with E-state index in [1.165, 1.54) is 36.0 Å². The second-order valence-electron chi connectivity index (χ2n) is 4.22. The van der Waals surface area contributed by atoms with Crippen LogP contribution >= 0.6 is 11.8 Å². The number of alkyl halides is 3. The molecule has 0 aliphatic carbocycles. The lowest BCUT2D eigenvalue weighted by Crippen LogP contribution is -2.36. The van der Waals surface area contributed by atoms with Gasteiger partial charge >= 0.3 is 6.18 Å². The molecule has 2 nitrogen and oxygen atoms in total. The number of benzene rings is 1. The molecule has 1 fully saturated rings. The van der Waals surface area contributed by atoms with Gasteiger partial charge < -0.3 is 4.90 Å². The van der Waals surface area contributed by atoms with Crippen molar-refractivity contribution in [1.82, 2.24) is 4.90 Å². The third-order valence-electron chi connectivity index (χ3n) is 2.71. The van der Waals surface area contributed by atoms with Crippen molar-refractivity contribution in [2.45, 2.75) is 22.7 Å². The fourth-order valence-electron chi connectivity index (χ4n) is 1.87. The molecule has 1 aliphatic heterocycles. The normalized spacial score (nSPS) is 20.1. The molecular weight excluding hydrogens is 282 g/mol. The number of likely N-dealkylation sites (tertiary alicyclic amines) is 1. The average molecular weight is 293 g/mol. The van der Waals surface area contributed by atoms with Crippen LogP contribution in [-0.4, -0.2) is 35.3 Å². The highest BCUT2D eigenvalue weighted by Gasteiger charge is 2.39. The van der Waals surface area contributed by atoms with Gasteiger partial charge in [-0.3, -0.25) is 4.79 Å². The minimum Gasteiger partial charge on any atom is -0.333 e. The number of nitrogens with zero attached hydrogens (tertiary/aromatic N) is 1. The summed E-state index contributed by atoms with van der Waals surface area (Å²) in [7, 11) is 0. The van der Waals surface area contributed by atoms with Crippen molar-refractivity contribution < 1.29 is 22.4 Å². The lowest BCUT2D eigenvalue weighted by atomic mass is 10.3. The molecule has 7 heteroatoms. The number of halogens is 4. The minimum absolute atomic E-state index is 0.108. The van der Waals surface area contributed by atoms with E-state index in [1.807, 2.05) is 0 Å². The average Bonchev–Trinajstić information content (AvgIpc) is 2.63. The molecule has 1 aliphatic rings. The maximum absolute atomic E-state index is 12.7. The quantitative estimate of drug-likeness (QED) is 0.798. The van der Waals surface area contributed by atoms with Crippen molar-refractivity contribution in [3.05, 3.63) is 30.1 Å². The summed E-state index contributed by atoms with van der Waals surface area (Å²) < 4.78 is 49.4. The van der Waals surface area contributed by atoms with E-state index in [0.717, 1.165) is 4.90 Å². The Balaban J connectivity index is 1.96. The van der Waals surface area contributed by atoms with Crippen molar-refractivity contribution in [1.29, 1.82) is 0 Å². The van der Waals surface area contributed by atoms with Gasteiger partial charge in [0.05, 0.1) is 5.25 Å². The highest BCUT2D eigenvalue weighted by Crippen LogP contribution is 2.32. The molecule has 0 spiro atoms.